The number of aryl methyl sites for hydroxylation is 2. The Morgan fingerprint density at radius 3 is 2.00 bits per heavy atom. The molecule has 5 heteroatoms. The maximum absolute atomic E-state index is 14.1. The Labute approximate surface area is 180 Å². The lowest BCUT2D eigenvalue weighted by Gasteiger charge is -2.24. The third-order valence-electron chi connectivity index (χ3n) is 5.11. The van der Waals surface area contributed by atoms with Gasteiger partial charge in [0.2, 0.25) is 5.52 Å². The van der Waals surface area contributed by atoms with Crippen molar-refractivity contribution in [2.75, 3.05) is 6.16 Å². The van der Waals surface area contributed by atoms with E-state index in [1.807, 2.05) is 32.0 Å². The van der Waals surface area contributed by atoms with E-state index in [4.69, 9.17) is 4.74 Å². The molecular weight excluding hydrogens is 395 g/mol. The van der Waals surface area contributed by atoms with Crippen LogP contribution in [0.15, 0.2) is 42.5 Å². The minimum atomic E-state index is -3.53. The molecule has 0 saturated heterocycles. The van der Waals surface area contributed by atoms with E-state index >= 15 is 0 Å². The Morgan fingerprint density at radius 1 is 1.00 bits per heavy atom. The lowest BCUT2D eigenvalue weighted by atomic mass is 9.84. The van der Waals surface area contributed by atoms with Crippen LogP contribution in [0.3, 0.4) is 0 Å². The van der Waals surface area contributed by atoms with Crippen molar-refractivity contribution in [1.29, 1.82) is 0 Å². The van der Waals surface area contributed by atoms with E-state index in [1.54, 1.807) is 38.1 Å². The van der Waals surface area contributed by atoms with Gasteiger partial charge in [0.05, 0.1) is 12.5 Å². The van der Waals surface area contributed by atoms with Crippen LogP contribution in [0, 0.1) is 13.8 Å². The maximum Gasteiger partial charge on any atom is 0.306 e. The number of benzene rings is 2. The average molecular weight is 429 g/mol. The Hall–Kier alpha value is -2.19. The number of ether oxygens (including phenoxy) is 1. The fourth-order valence-electron chi connectivity index (χ4n) is 3.50. The van der Waals surface area contributed by atoms with Crippen LogP contribution in [-0.2, 0) is 19.5 Å². The Kier molecular flexibility index (Phi) is 7.47. The Bertz CT molecular complexity index is 945. The van der Waals surface area contributed by atoms with Gasteiger partial charge in [-0.15, -0.1) is 0 Å². The number of hydrogen-bond donors (Lipinski definition) is 0. The molecule has 30 heavy (non-hydrogen) atoms. The van der Waals surface area contributed by atoms with E-state index in [1.165, 1.54) is 0 Å². The largest absolute Gasteiger partial charge is 0.463 e. The molecule has 0 saturated carbocycles. The summed E-state index contributed by atoms with van der Waals surface area (Å²) in [5.74, 6) is -0.439. The van der Waals surface area contributed by atoms with Gasteiger partial charge in [-0.2, -0.15) is 0 Å². The van der Waals surface area contributed by atoms with Crippen molar-refractivity contribution in [1.82, 2.24) is 0 Å². The molecule has 1 atom stereocenters. The number of carbonyl (C=O) groups is 2. The minimum absolute atomic E-state index is 0.0404. The molecule has 0 N–H and O–H groups in total. The highest BCUT2D eigenvalue weighted by Gasteiger charge is 2.37. The first-order valence-corrected chi connectivity index (χ1v) is 12.3. The molecular formula is C25H33O4P. The maximum atomic E-state index is 14.1. The lowest BCUT2D eigenvalue weighted by molar-refractivity contribution is -0.146. The summed E-state index contributed by atoms with van der Waals surface area (Å²) >= 11 is 0. The van der Waals surface area contributed by atoms with Crippen molar-refractivity contribution >= 4 is 23.9 Å². The van der Waals surface area contributed by atoms with Crippen LogP contribution in [-0.4, -0.2) is 23.8 Å². The van der Waals surface area contributed by atoms with E-state index in [-0.39, 0.29) is 29.6 Å². The topological polar surface area (TPSA) is 60.4 Å². The van der Waals surface area contributed by atoms with Gasteiger partial charge in [-0.25, -0.2) is 0 Å². The van der Waals surface area contributed by atoms with Crippen LogP contribution in [0.1, 0.15) is 68.1 Å². The molecule has 0 amide bonds. The molecule has 162 valence electrons. The van der Waals surface area contributed by atoms with Gasteiger partial charge in [-0.3, -0.25) is 9.59 Å². The summed E-state index contributed by atoms with van der Waals surface area (Å²) in [6.07, 6.45) is -0.353. The van der Waals surface area contributed by atoms with Crippen molar-refractivity contribution in [3.8, 4) is 0 Å². The molecule has 0 spiro atoms. The molecule has 0 fully saturated rings. The van der Waals surface area contributed by atoms with Gasteiger partial charge < -0.3 is 9.30 Å². The molecule has 0 aliphatic heterocycles. The van der Waals surface area contributed by atoms with Crippen molar-refractivity contribution in [2.45, 2.75) is 66.4 Å². The zero-order chi connectivity index (χ0) is 22.7. The van der Waals surface area contributed by atoms with E-state index in [0.717, 1.165) is 16.7 Å². The van der Waals surface area contributed by atoms with E-state index in [9.17, 15) is 14.2 Å². The first-order valence-electron chi connectivity index (χ1n) is 10.4. The van der Waals surface area contributed by atoms with Crippen LogP contribution in [0.25, 0.3) is 0 Å². The first-order chi connectivity index (χ1) is 13.9. The fourth-order valence-corrected chi connectivity index (χ4v) is 6.06. The highest BCUT2D eigenvalue weighted by molar-refractivity contribution is 7.87. The molecule has 0 aliphatic carbocycles. The summed E-state index contributed by atoms with van der Waals surface area (Å²) < 4.78 is 19.3. The normalized spacial score (nSPS) is 13.7. The summed E-state index contributed by atoms with van der Waals surface area (Å²) in [7, 11) is -3.53. The Morgan fingerprint density at radius 2 is 1.53 bits per heavy atom. The molecule has 2 aromatic carbocycles. The van der Waals surface area contributed by atoms with Gasteiger partial charge in [0.25, 0.3) is 0 Å². The number of carbonyl (C=O) groups excluding carboxylic acids is 2. The lowest BCUT2D eigenvalue weighted by Crippen LogP contribution is -2.21. The summed E-state index contributed by atoms with van der Waals surface area (Å²) in [6, 6.07) is 12.8. The SMILES string of the molecule is Cc1cc(C(C)(C)C)cc(C)c1C(=O)P(=O)(CCC(=O)OC(C)C)c1ccccc1. The van der Waals surface area contributed by atoms with Gasteiger partial charge >= 0.3 is 5.97 Å². The highest BCUT2D eigenvalue weighted by Crippen LogP contribution is 2.49. The molecule has 0 aliphatic rings. The second-order valence-electron chi connectivity index (χ2n) is 9.13. The third-order valence-corrected chi connectivity index (χ3v) is 7.98. The summed E-state index contributed by atoms with van der Waals surface area (Å²) in [5, 5.41) is 0.478. The zero-order valence-electron chi connectivity index (χ0n) is 19.1. The van der Waals surface area contributed by atoms with Gasteiger partial charge in [-0.1, -0.05) is 63.2 Å². The summed E-state index contributed by atoms with van der Waals surface area (Å²) in [5.41, 5.74) is 2.80. The van der Waals surface area contributed by atoms with Crippen LogP contribution >= 0.6 is 7.14 Å². The van der Waals surface area contributed by atoms with Crippen molar-refractivity contribution in [3.63, 3.8) is 0 Å². The second kappa shape index (κ2) is 9.31. The van der Waals surface area contributed by atoms with Crippen LogP contribution < -0.4 is 5.30 Å². The predicted molar refractivity (Wildman–Crippen MR) is 123 cm³/mol. The molecule has 0 bridgehead atoms. The second-order valence-corrected chi connectivity index (χ2v) is 12.0. The van der Waals surface area contributed by atoms with Crippen LogP contribution in [0.5, 0.6) is 0 Å². The van der Waals surface area contributed by atoms with E-state index in [2.05, 4.69) is 20.8 Å². The Balaban J connectivity index is 2.51. The molecule has 2 rings (SSSR count). The fraction of sp³-hybridized carbons (Fsp3) is 0.440. The minimum Gasteiger partial charge on any atom is -0.463 e. The molecule has 0 aromatic heterocycles. The van der Waals surface area contributed by atoms with E-state index < -0.39 is 13.1 Å². The quantitative estimate of drug-likeness (QED) is 0.415. The first kappa shape index (κ1) is 24.1. The average Bonchev–Trinajstić information content (AvgIpc) is 2.64. The monoisotopic (exact) mass is 428 g/mol. The molecule has 2 aromatic rings. The highest BCUT2D eigenvalue weighted by atomic mass is 31.2. The van der Waals surface area contributed by atoms with Crippen molar-refractivity contribution < 1.29 is 18.9 Å². The number of esters is 1. The summed E-state index contributed by atoms with van der Waals surface area (Å²) in [6.45, 7) is 13.7. The van der Waals surface area contributed by atoms with Gasteiger partial charge in [0.15, 0.2) is 7.14 Å². The molecule has 4 nitrogen and oxygen atoms in total. The third kappa shape index (κ3) is 5.49. The van der Waals surface area contributed by atoms with Crippen molar-refractivity contribution in [3.05, 3.63) is 64.7 Å². The zero-order valence-corrected chi connectivity index (χ0v) is 20.0. The van der Waals surface area contributed by atoms with Gasteiger partial charge in [0.1, 0.15) is 0 Å². The molecule has 1 unspecified atom stereocenters. The predicted octanol–water partition coefficient (Wildman–Crippen LogP) is 5.77. The number of rotatable bonds is 7. The van der Waals surface area contributed by atoms with Crippen LogP contribution in [0.4, 0.5) is 0 Å². The van der Waals surface area contributed by atoms with Crippen molar-refractivity contribution in [2.24, 2.45) is 0 Å². The standard InChI is InChI=1S/C25H33O4P/c1-17(2)29-22(26)13-14-30(28,21-11-9-8-10-12-21)24(27)23-18(3)15-20(16-19(23)4)25(5,6)7/h8-12,15-17H,13-14H2,1-7H3. The number of hydrogen-bond acceptors (Lipinski definition) is 4. The van der Waals surface area contributed by atoms with Gasteiger partial charge in [0, 0.05) is 17.0 Å². The van der Waals surface area contributed by atoms with E-state index in [0.29, 0.717) is 10.9 Å². The van der Waals surface area contributed by atoms with Gasteiger partial charge in [-0.05, 0) is 49.8 Å². The summed E-state index contributed by atoms with van der Waals surface area (Å²) in [4.78, 5) is 25.8. The molecule has 0 heterocycles. The molecule has 0 radical (unpaired) electrons. The van der Waals surface area contributed by atoms with Crippen LogP contribution in [0.2, 0.25) is 0 Å². The smallest absolute Gasteiger partial charge is 0.306 e.